The summed E-state index contributed by atoms with van der Waals surface area (Å²) in [5.41, 5.74) is 1.81. The third-order valence-electron chi connectivity index (χ3n) is 2.95. The molecule has 56 valence electrons. The van der Waals surface area contributed by atoms with E-state index in [-0.39, 0.29) is 0 Å². The minimum Gasteiger partial charge on any atom is -0.0850 e. The Kier molecular flexibility index (Phi) is 1.55. The van der Waals surface area contributed by atoms with Crippen LogP contribution in [0.5, 0.6) is 0 Å². The van der Waals surface area contributed by atoms with Crippen LogP contribution in [0.4, 0.5) is 0 Å². The van der Waals surface area contributed by atoms with Gasteiger partial charge >= 0.3 is 0 Å². The predicted octanol–water partition coefficient (Wildman–Crippen LogP) is 3.14. The van der Waals surface area contributed by atoms with E-state index in [1.54, 1.807) is 5.57 Å². The molecule has 2 aliphatic carbocycles. The van der Waals surface area contributed by atoms with Crippen LogP contribution in [0, 0.1) is 11.8 Å². The van der Waals surface area contributed by atoms with Gasteiger partial charge in [0.15, 0.2) is 0 Å². The van der Waals surface area contributed by atoms with Crippen LogP contribution in [0.2, 0.25) is 0 Å². The first-order chi connectivity index (χ1) is 4.93. The van der Waals surface area contributed by atoms with E-state index in [9.17, 15) is 0 Å². The van der Waals surface area contributed by atoms with Gasteiger partial charge in [0, 0.05) is 0 Å². The molecule has 0 heterocycles. The van der Waals surface area contributed by atoms with Gasteiger partial charge in [-0.05, 0) is 31.1 Å². The first kappa shape index (κ1) is 6.45. The van der Waals surface area contributed by atoms with Crippen LogP contribution in [0.15, 0.2) is 11.6 Å². The molecule has 2 atom stereocenters. The van der Waals surface area contributed by atoms with Gasteiger partial charge in [-0.15, -0.1) is 0 Å². The molecule has 0 heteroatoms. The lowest BCUT2D eigenvalue weighted by Crippen LogP contribution is -1.91. The van der Waals surface area contributed by atoms with Crippen molar-refractivity contribution in [1.82, 2.24) is 0 Å². The van der Waals surface area contributed by atoms with Gasteiger partial charge < -0.3 is 0 Å². The highest BCUT2D eigenvalue weighted by Gasteiger charge is 2.43. The van der Waals surface area contributed by atoms with E-state index in [2.05, 4.69) is 13.0 Å². The molecular formula is C10H16. The van der Waals surface area contributed by atoms with Crippen molar-refractivity contribution in [2.75, 3.05) is 0 Å². The Morgan fingerprint density at radius 3 is 2.40 bits per heavy atom. The lowest BCUT2D eigenvalue weighted by molar-refractivity contribution is 0.480. The largest absolute Gasteiger partial charge is 0.0850 e. The molecule has 2 aliphatic rings. The Labute approximate surface area is 63.3 Å². The van der Waals surface area contributed by atoms with Crippen molar-refractivity contribution in [3.63, 3.8) is 0 Å². The highest BCUT2D eigenvalue weighted by Crippen LogP contribution is 2.54. The normalized spacial score (nSPS) is 37.1. The van der Waals surface area contributed by atoms with Crippen molar-refractivity contribution in [2.45, 2.75) is 39.0 Å². The number of rotatable bonds is 1. The van der Waals surface area contributed by atoms with Gasteiger partial charge in [-0.2, -0.15) is 0 Å². The number of allylic oxidation sites excluding steroid dienone is 2. The SMILES string of the molecule is CCC=C1C2CCCCC12. The van der Waals surface area contributed by atoms with E-state index in [1.165, 1.54) is 32.1 Å². The van der Waals surface area contributed by atoms with E-state index in [0.717, 1.165) is 11.8 Å². The average molecular weight is 136 g/mol. The van der Waals surface area contributed by atoms with Gasteiger partial charge in [0.1, 0.15) is 0 Å². The van der Waals surface area contributed by atoms with Gasteiger partial charge in [-0.3, -0.25) is 0 Å². The Bertz CT molecular complexity index is 141. The maximum atomic E-state index is 2.46. The van der Waals surface area contributed by atoms with Crippen molar-refractivity contribution in [3.8, 4) is 0 Å². The fraction of sp³-hybridized carbons (Fsp3) is 0.800. The van der Waals surface area contributed by atoms with E-state index in [4.69, 9.17) is 0 Å². The summed E-state index contributed by atoms with van der Waals surface area (Å²) in [6.07, 6.45) is 9.68. The molecule has 0 aliphatic heterocycles. The second kappa shape index (κ2) is 2.41. The lowest BCUT2D eigenvalue weighted by Gasteiger charge is -2.04. The summed E-state index contributed by atoms with van der Waals surface area (Å²) in [4.78, 5) is 0. The number of hydrogen-bond donors (Lipinski definition) is 0. The van der Waals surface area contributed by atoms with Gasteiger partial charge in [0.05, 0.1) is 0 Å². The second-order valence-electron chi connectivity index (χ2n) is 3.61. The highest BCUT2D eigenvalue weighted by atomic mass is 14.5. The third kappa shape index (κ3) is 0.902. The van der Waals surface area contributed by atoms with Crippen LogP contribution < -0.4 is 0 Å². The number of hydrogen-bond acceptors (Lipinski definition) is 0. The fourth-order valence-corrected chi connectivity index (χ4v) is 2.41. The van der Waals surface area contributed by atoms with Crippen LogP contribution in [0.25, 0.3) is 0 Å². The summed E-state index contributed by atoms with van der Waals surface area (Å²) in [7, 11) is 0. The van der Waals surface area contributed by atoms with E-state index >= 15 is 0 Å². The Hall–Kier alpha value is -0.260. The first-order valence-corrected chi connectivity index (χ1v) is 4.63. The smallest absolute Gasteiger partial charge is 0.0134 e. The first-order valence-electron chi connectivity index (χ1n) is 4.63. The quantitative estimate of drug-likeness (QED) is 0.486. The molecule has 10 heavy (non-hydrogen) atoms. The third-order valence-corrected chi connectivity index (χ3v) is 2.95. The molecule has 2 unspecified atom stereocenters. The zero-order chi connectivity index (χ0) is 6.97. The average Bonchev–Trinajstić information content (AvgIpc) is 2.66. The Morgan fingerprint density at radius 1 is 1.30 bits per heavy atom. The maximum absolute atomic E-state index is 2.46. The predicted molar refractivity (Wildman–Crippen MR) is 43.8 cm³/mol. The molecule has 0 aromatic rings. The lowest BCUT2D eigenvalue weighted by atomic mass is 10.0. The molecular weight excluding hydrogens is 120 g/mol. The van der Waals surface area contributed by atoms with Gasteiger partial charge in [0.2, 0.25) is 0 Å². The zero-order valence-electron chi connectivity index (χ0n) is 6.77. The fourth-order valence-electron chi connectivity index (χ4n) is 2.41. The monoisotopic (exact) mass is 136 g/mol. The molecule has 0 aromatic carbocycles. The summed E-state index contributed by atoms with van der Waals surface area (Å²) in [5.74, 6) is 2.10. The van der Waals surface area contributed by atoms with Gasteiger partial charge in [-0.1, -0.05) is 31.4 Å². The molecule has 2 fully saturated rings. The summed E-state index contributed by atoms with van der Waals surface area (Å²) >= 11 is 0. The molecule has 0 aromatic heterocycles. The topological polar surface area (TPSA) is 0 Å². The van der Waals surface area contributed by atoms with Crippen molar-refractivity contribution < 1.29 is 0 Å². The molecule has 2 saturated carbocycles. The molecule has 0 amide bonds. The standard InChI is InChI=1S/C10H16/c1-2-5-8-9-6-3-4-7-10(8)9/h5,9-10H,2-4,6-7H2,1H3. The summed E-state index contributed by atoms with van der Waals surface area (Å²) in [6.45, 7) is 2.25. The van der Waals surface area contributed by atoms with Crippen molar-refractivity contribution >= 4 is 0 Å². The molecule has 0 radical (unpaired) electrons. The molecule has 0 nitrogen and oxygen atoms in total. The van der Waals surface area contributed by atoms with Crippen LogP contribution in [0.3, 0.4) is 0 Å². The van der Waals surface area contributed by atoms with Crippen LogP contribution >= 0.6 is 0 Å². The van der Waals surface area contributed by atoms with E-state index in [0.29, 0.717) is 0 Å². The van der Waals surface area contributed by atoms with E-state index in [1.807, 2.05) is 0 Å². The Morgan fingerprint density at radius 2 is 1.90 bits per heavy atom. The molecule has 2 rings (SSSR count). The van der Waals surface area contributed by atoms with Gasteiger partial charge in [0.25, 0.3) is 0 Å². The summed E-state index contributed by atoms with van der Waals surface area (Å²) in [5, 5.41) is 0. The minimum absolute atomic E-state index is 1.05. The van der Waals surface area contributed by atoms with Crippen molar-refractivity contribution in [1.29, 1.82) is 0 Å². The summed E-state index contributed by atoms with van der Waals surface area (Å²) in [6, 6.07) is 0. The van der Waals surface area contributed by atoms with Crippen LogP contribution in [-0.4, -0.2) is 0 Å². The summed E-state index contributed by atoms with van der Waals surface area (Å²) < 4.78 is 0. The second-order valence-corrected chi connectivity index (χ2v) is 3.61. The Balaban J connectivity index is 1.99. The van der Waals surface area contributed by atoms with Crippen LogP contribution in [0.1, 0.15) is 39.0 Å². The highest BCUT2D eigenvalue weighted by molar-refractivity contribution is 5.30. The molecule has 0 saturated heterocycles. The minimum atomic E-state index is 1.05. The molecule has 0 N–H and O–H groups in total. The van der Waals surface area contributed by atoms with Crippen molar-refractivity contribution in [3.05, 3.63) is 11.6 Å². The molecule has 0 spiro atoms. The van der Waals surface area contributed by atoms with Crippen molar-refractivity contribution in [2.24, 2.45) is 11.8 Å². The maximum Gasteiger partial charge on any atom is -0.0134 e. The zero-order valence-corrected chi connectivity index (χ0v) is 6.77. The number of fused-ring (bicyclic) bond motifs is 1. The van der Waals surface area contributed by atoms with E-state index < -0.39 is 0 Å². The van der Waals surface area contributed by atoms with Gasteiger partial charge in [-0.25, -0.2) is 0 Å². The van der Waals surface area contributed by atoms with Crippen LogP contribution in [-0.2, 0) is 0 Å². The molecule has 0 bridgehead atoms.